The molecule has 7 heteroatoms. The molecular weight excluding hydrogens is 482 g/mol. The van der Waals surface area contributed by atoms with Gasteiger partial charge in [0.1, 0.15) is 11.6 Å². The van der Waals surface area contributed by atoms with Crippen LogP contribution in [-0.2, 0) is 16.4 Å². The normalized spacial score (nSPS) is 17.0. The van der Waals surface area contributed by atoms with Crippen molar-refractivity contribution in [1.82, 2.24) is 14.7 Å². The van der Waals surface area contributed by atoms with Crippen molar-refractivity contribution in [3.63, 3.8) is 0 Å². The van der Waals surface area contributed by atoms with E-state index in [9.17, 15) is 8.42 Å². The van der Waals surface area contributed by atoms with E-state index in [1.54, 1.807) is 19.2 Å². The number of aromatic amines is 1. The first-order valence-electron chi connectivity index (χ1n) is 12.9. The minimum absolute atomic E-state index is 0.0187. The fraction of sp³-hybridized carbons (Fsp3) is 0.300. The molecule has 2 unspecified atom stereocenters. The number of aromatic nitrogens is 2. The molecule has 0 bridgehead atoms. The number of unbranched alkanes of at least 4 members (excludes halogenated alkanes) is 2. The van der Waals surface area contributed by atoms with Crippen molar-refractivity contribution in [3.8, 4) is 28.4 Å². The molecule has 0 aliphatic heterocycles. The molecule has 1 heterocycles. The number of nitrogens with zero attached hydrogens (tertiary/aromatic N) is 1. The molecule has 0 amide bonds. The Hall–Kier alpha value is -3.42. The SMILES string of the molecule is CCCCCc1ccc(S(=O)(=O)NC2CC2c2[nH]c(-c3ccccc3)nc2-c2ccc(OC)cc2)cc1. The quantitative estimate of drug-likeness (QED) is 0.229. The summed E-state index contributed by atoms with van der Waals surface area (Å²) in [5.41, 5.74) is 4.90. The molecule has 0 spiro atoms. The third-order valence-electron chi connectivity index (χ3n) is 6.91. The molecule has 6 nitrogen and oxygen atoms in total. The van der Waals surface area contributed by atoms with Gasteiger partial charge in [0.2, 0.25) is 10.0 Å². The second-order valence-corrected chi connectivity index (χ2v) is 11.3. The lowest BCUT2D eigenvalue weighted by Crippen LogP contribution is -2.27. The molecule has 1 fully saturated rings. The van der Waals surface area contributed by atoms with Crippen LogP contribution < -0.4 is 9.46 Å². The average molecular weight is 516 g/mol. The molecular formula is C30H33N3O3S. The summed E-state index contributed by atoms with van der Waals surface area (Å²) in [5.74, 6) is 1.57. The molecule has 1 aliphatic carbocycles. The van der Waals surface area contributed by atoms with Gasteiger partial charge in [0.25, 0.3) is 0 Å². The average Bonchev–Trinajstić information content (AvgIpc) is 3.53. The molecule has 192 valence electrons. The predicted octanol–water partition coefficient (Wildman–Crippen LogP) is 6.32. The highest BCUT2D eigenvalue weighted by atomic mass is 32.2. The molecule has 0 saturated heterocycles. The number of hydrogen-bond acceptors (Lipinski definition) is 4. The van der Waals surface area contributed by atoms with E-state index in [0.29, 0.717) is 11.3 Å². The van der Waals surface area contributed by atoms with E-state index in [0.717, 1.165) is 46.9 Å². The molecule has 3 aromatic carbocycles. The summed E-state index contributed by atoms with van der Waals surface area (Å²) < 4.78 is 34.5. The zero-order chi connectivity index (χ0) is 25.8. The summed E-state index contributed by atoms with van der Waals surface area (Å²) in [6.07, 6.45) is 5.17. The van der Waals surface area contributed by atoms with Crippen LogP contribution in [0.25, 0.3) is 22.6 Å². The van der Waals surface area contributed by atoms with Gasteiger partial charge in [0.15, 0.2) is 0 Å². The molecule has 2 N–H and O–H groups in total. The molecule has 37 heavy (non-hydrogen) atoms. The predicted molar refractivity (Wildman–Crippen MR) is 147 cm³/mol. The Balaban J connectivity index is 1.36. The Kier molecular flexibility index (Phi) is 7.44. The molecule has 0 radical (unpaired) electrons. The smallest absolute Gasteiger partial charge is 0.240 e. The Morgan fingerprint density at radius 1 is 0.946 bits per heavy atom. The van der Waals surface area contributed by atoms with Crippen LogP contribution in [0.1, 0.15) is 49.8 Å². The summed E-state index contributed by atoms with van der Waals surface area (Å²) in [6.45, 7) is 2.18. The van der Waals surface area contributed by atoms with Crippen molar-refractivity contribution in [2.24, 2.45) is 0 Å². The highest BCUT2D eigenvalue weighted by molar-refractivity contribution is 7.89. The van der Waals surface area contributed by atoms with E-state index >= 15 is 0 Å². The zero-order valence-corrected chi connectivity index (χ0v) is 22.1. The van der Waals surface area contributed by atoms with Crippen LogP contribution in [0.3, 0.4) is 0 Å². The number of methoxy groups -OCH3 is 1. The lowest BCUT2D eigenvalue weighted by molar-refractivity contribution is 0.415. The maximum absolute atomic E-state index is 13.1. The number of H-pyrrole nitrogens is 1. The fourth-order valence-corrected chi connectivity index (χ4v) is 5.97. The molecule has 2 atom stereocenters. The van der Waals surface area contributed by atoms with Crippen LogP contribution in [0.2, 0.25) is 0 Å². The maximum Gasteiger partial charge on any atom is 0.240 e. The van der Waals surface area contributed by atoms with E-state index in [1.807, 2.05) is 66.7 Å². The maximum atomic E-state index is 13.1. The molecule has 1 aromatic heterocycles. The first-order chi connectivity index (χ1) is 18.0. The molecule has 1 aliphatic rings. The topological polar surface area (TPSA) is 84.1 Å². The minimum Gasteiger partial charge on any atom is -0.497 e. The summed E-state index contributed by atoms with van der Waals surface area (Å²) in [7, 11) is -1.97. The van der Waals surface area contributed by atoms with Crippen molar-refractivity contribution in [2.45, 2.75) is 55.9 Å². The minimum atomic E-state index is -3.61. The van der Waals surface area contributed by atoms with Crippen LogP contribution in [0.5, 0.6) is 5.75 Å². The largest absolute Gasteiger partial charge is 0.497 e. The van der Waals surface area contributed by atoms with E-state index in [4.69, 9.17) is 9.72 Å². The molecule has 5 rings (SSSR count). The van der Waals surface area contributed by atoms with E-state index in [2.05, 4.69) is 16.6 Å². The highest BCUT2D eigenvalue weighted by Crippen LogP contribution is 2.45. The molecule has 1 saturated carbocycles. The number of rotatable bonds is 11. The van der Waals surface area contributed by atoms with E-state index in [1.165, 1.54) is 18.4 Å². The van der Waals surface area contributed by atoms with Crippen LogP contribution in [0.4, 0.5) is 0 Å². The number of hydrogen-bond donors (Lipinski definition) is 2. The Morgan fingerprint density at radius 2 is 1.68 bits per heavy atom. The second kappa shape index (κ2) is 10.9. The van der Waals surface area contributed by atoms with Gasteiger partial charge < -0.3 is 9.72 Å². The van der Waals surface area contributed by atoms with Gasteiger partial charge in [-0.05, 0) is 61.2 Å². The van der Waals surface area contributed by atoms with Crippen molar-refractivity contribution in [2.75, 3.05) is 7.11 Å². The second-order valence-electron chi connectivity index (χ2n) is 9.61. The van der Waals surface area contributed by atoms with Crippen LogP contribution in [-0.4, -0.2) is 31.5 Å². The van der Waals surface area contributed by atoms with E-state index < -0.39 is 10.0 Å². The Labute approximate surface area is 219 Å². The van der Waals surface area contributed by atoms with Gasteiger partial charge in [-0.25, -0.2) is 18.1 Å². The monoisotopic (exact) mass is 515 g/mol. The van der Waals surface area contributed by atoms with Crippen molar-refractivity contribution in [3.05, 3.63) is 90.1 Å². The van der Waals surface area contributed by atoms with E-state index in [-0.39, 0.29) is 12.0 Å². The number of ether oxygens (including phenoxy) is 1. The standard InChI is InChI=1S/C30H33N3O3S/c1-3-4-6-9-21-12-18-25(19-13-21)37(34,35)33-27-20-26(27)29-28(22-14-16-24(36-2)17-15-22)31-30(32-29)23-10-7-5-8-11-23/h5,7-8,10-19,26-27,33H,3-4,6,9,20H2,1-2H3,(H,31,32). The van der Waals surface area contributed by atoms with Crippen molar-refractivity contribution >= 4 is 10.0 Å². The Bertz CT molecular complexity index is 1430. The summed E-state index contributed by atoms with van der Waals surface area (Å²) in [4.78, 5) is 8.73. The van der Waals surface area contributed by atoms with Crippen LogP contribution >= 0.6 is 0 Å². The number of benzene rings is 3. The number of nitrogens with one attached hydrogen (secondary N) is 2. The lowest BCUT2D eigenvalue weighted by Gasteiger charge is -2.08. The zero-order valence-electron chi connectivity index (χ0n) is 21.3. The van der Waals surface area contributed by atoms with Gasteiger partial charge >= 0.3 is 0 Å². The van der Waals surface area contributed by atoms with Gasteiger partial charge in [-0.15, -0.1) is 0 Å². The summed E-state index contributed by atoms with van der Waals surface area (Å²) in [6, 6.07) is 24.9. The fourth-order valence-electron chi connectivity index (χ4n) is 4.68. The number of imidazole rings is 1. The van der Waals surface area contributed by atoms with Crippen molar-refractivity contribution in [1.29, 1.82) is 0 Å². The lowest BCUT2D eigenvalue weighted by atomic mass is 10.1. The first kappa shape index (κ1) is 25.2. The van der Waals surface area contributed by atoms with Crippen molar-refractivity contribution < 1.29 is 13.2 Å². The Morgan fingerprint density at radius 3 is 2.35 bits per heavy atom. The highest BCUT2D eigenvalue weighted by Gasteiger charge is 2.44. The first-order valence-corrected chi connectivity index (χ1v) is 14.4. The van der Waals surface area contributed by atoms with Gasteiger partial charge in [-0.2, -0.15) is 0 Å². The third kappa shape index (κ3) is 5.78. The summed E-state index contributed by atoms with van der Waals surface area (Å²) in [5, 5.41) is 0. The van der Waals surface area contributed by atoms with Gasteiger partial charge in [0.05, 0.1) is 17.7 Å². The van der Waals surface area contributed by atoms with Gasteiger partial charge in [0, 0.05) is 28.8 Å². The summed E-state index contributed by atoms with van der Waals surface area (Å²) >= 11 is 0. The number of aryl methyl sites for hydroxylation is 1. The van der Waals surface area contributed by atoms with Crippen LogP contribution in [0.15, 0.2) is 83.8 Å². The van der Waals surface area contributed by atoms with Gasteiger partial charge in [-0.3, -0.25) is 0 Å². The number of sulfonamides is 1. The third-order valence-corrected chi connectivity index (χ3v) is 8.42. The van der Waals surface area contributed by atoms with Crippen LogP contribution in [0, 0.1) is 0 Å². The molecule has 4 aromatic rings. The van der Waals surface area contributed by atoms with Gasteiger partial charge in [-0.1, -0.05) is 62.2 Å².